The summed E-state index contributed by atoms with van der Waals surface area (Å²) in [6, 6.07) is 21.3. The summed E-state index contributed by atoms with van der Waals surface area (Å²) < 4.78 is 0. The first-order valence-corrected chi connectivity index (χ1v) is 10.7. The summed E-state index contributed by atoms with van der Waals surface area (Å²) in [5, 5.41) is 0.773. The number of carbonyl (C=O) groups excluding carboxylic acids is 2. The Labute approximate surface area is 184 Å². The standard InChI is InChI=1S/C25H17Cl2NO2/c1-25-21-16-8-4-2-6-14(16)20(15-7-3-5-9-17(15)21)22(25)23(29)28(24(25)30)19-12-13(26)10-11-18(19)27/h2-12,20-22H,1H3. The summed E-state index contributed by atoms with van der Waals surface area (Å²) in [6.45, 7) is 1.94. The first kappa shape index (κ1) is 18.2. The quantitative estimate of drug-likeness (QED) is 0.456. The van der Waals surface area contributed by atoms with Gasteiger partial charge in [-0.1, -0.05) is 71.7 Å². The van der Waals surface area contributed by atoms with Gasteiger partial charge in [-0.05, 0) is 47.4 Å². The molecule has 3 aliphatic carbocycles. The van der Waals surface area contributed by atoms with Crippen LogP contribution in [0, 0.1) is 11.3 Å². The molecule has 148 valence electrons. The Morgan fingerprint density at radius 2 is 1.40 bits per heavy atom. The minimum atomic E-state index is -0.879. The Kier molecular flexibility index (Phi) is 3.61. The van der Waals surface area contributed by atoms with E-state index in [9.17, 15) is 9.59 Å². The fourth-order valence-electron chi connectivity index (χ4n) is 6.00. The lowest BCUT2D eigenvalue weighted by Gasteiger charge is -2.51. The summed E-state index contributed by atoms with van der Waals surface area (Å²) in [4.78, 5) is 29.1. The molecular weight excluding hydrogens is 417 g/mol. The van der Waals surface area contributed by atoms with E-state index in [0.29, 0.717) is 15.7 Å². The van der Waals surface area contributed by atoms with Crippen LogP contribution in [0.5, 0.6) is 0 Å². The highest BCUT2D eigenvalue weighted by atomic mass is 35.5. The molecule has 0 N–H and O–H groups in total. The number of halogens is 2. The Hall–Kier alpha value is -2.62. The number of benzene rings is 3. The van der Waals surface area contributed by atoms with Gasteiger partial charge in [0.1, 0.15) is 0 Å². The average Bonchev–Trinajstić information content (AvgIpc) is 2.96. The van der Waals surface area contributed by atoms with Crippen LogP contribution in [0.2, 0.25) is 10.0 Å². The number of nitrogens with zero attached hydrogens (tertiary/aromatic N) is 1. The first-order chi connectivity index (χ1) is 14.4. The van der Waals surface area contributed by atoms with Crippen LogP contribution in [0.15, 0.2) is 66.7 Å². The summed E-state index contributed by atoms with van der Waals surface area (Å²) >= 11 is 12.6. The molecule has 0 aromatic heterocycles. The number of amides is 2. The van der Waals surface area contributed by atoms with Crippen LogP contribution in [-0.2, 0) is 9.59 Å². The van der Waals surface area contributed by atoms with Crippen molar-refractivity contribution in [1.82, 2.24) is 0 Å². The maximum Gasteiger partial charge on any atom is 0.241 e. The number of hydrogen-bond acceptors (Lipinski definition) is 2. The molecule has 0 spiro atoms. The highest BCUT2D eigenvalue weighted by Gasteiger charge is 2.69. The van der Waals surface area contributed by atoms with Crippen LogP contribution in [-0.4, -0.2) is 11.8 Å². The Balaban J connectivity index is 1.63. The molecule has 3 aromatic rings. The van der Waals surface area contributed by atoms with Crippen molar-refractivity contribution in [3.05, 3.63) is 99.0 Å². The number of anilines is 1. The zero-order valence-corrected chi connectivity index (χ0v) is 17.6. The normalized spacial score (nSPS) is 28.4. The van der Waals surface area contributed by atoms with Gasteiger partial charge in [0.25, 0.3) is 0 Å². The van der Waals surface area contributed by atoms with Crippen LogP contribution >= 0.6 is 23.2 Å². The van der Waals surface area contributed by atoms with E-state index in [1.165, 1.54) is 4.90 Å². The number of carbonyl (C=O) groups is 2. The van der Waals surface area contributed by atoms with Gasteiger partial charge in [-0.3, -0.25) is 9.59 Å². The minimum Gasteiger partial charge on any atom is -0.274 e. The molecule has 0 radical (unpaired) electrons. The molecule has 1 saturated heterocycles. The number of hydrogen-bond donors (Lipinski definition) is 0. The zero-order valence-electron chi connectivity index (χ0n) is 16.1. The van der Waals surface area contributed by atoms with Crippen molar-refractivity contribution in [2.75, 3.05) is 4.90 Å². The van der Waals surface area contributed by atoms with E-state index in [1.807, 2.05) is 31.2 Å². The molecule has 1 fully saturated rings. The van der Waals surface area contributed by atoms with Gasteiger partial charge < -0.3 is 0 Å². The second-order valence-electron chi connectivity index (χ2n) is 8.50. The minimum absolute atomic E-state index is 0.160. The molecule has 2 unspecified atom stereocenters. The third-order valence-electron chi connectivity index (χ3n) is 7.16. The molecule has 3 nitrogen and oxygen atoms in total. The SMILES string of the molecule is CC12C(=O)N(c3cc(Cl)ccc3Cl)C(=O)C1C1c3ccccc3C2c2ccccc21. The van der Waals surface area contributed by atoms with Gasteiger partial charge in [0.15, 0.2) is 0 Å². The molecule has 2 bridgehead atoms. The van der Waals surface area contributed by atoms with Crippen LogP contribution in [0.4, 0.5) is 5.69 Å². The van der Waals surface area contributed by atoms with Gasteiger partial charge in [0.05, 0.1) is 22.0 Å². The van der Waals surface area contributed by atoms with Crippen LogP contribution in [0.3, 0.4) is 0 Å². The molecule has 1 aliphatic heterocycles. The molecule has 5 heteroatoms. The van der Waals surface area contributed by atoms with Crippen molar-refractivity contribution in [2.45, 2.75) is 18.8 Å². The predicted molar refractivity (Wildman–Crippen MR) is 117 cm³/mol. The van der Waals surface area contributed by atoms with Crippen LogP contribution in [0.25, 0.3) is 0 Å². The molecule has 30 heavy (non-hydrogen) atoms. The van der Waals surface area contributed by atoms with Gasteiger partial charge in [0, 0.05) is 16.9 Å². The summed E-state index contributed by atoms with van der Waals surface area (Å²) in [7, 11) is 0. The van der Waals surface area contributed by atoms with E-state index in [0.717, 1.165) is 22.3 Å². The van der Waals surface area contributed by atoms with E-state index in [2.05, 4.69) is 24.3 Å². The molecule has 4 aliphatic rings. The van der Waals surface area contributed by atoms with Crippen molar-refractivity contribution >= 4 is 40.7 Å². The Morgan fingerprint density at radius 1 is 0.833 bits per heavy atom. The molecular formula is C25H17Cl2NO2. The lowest BCUT2D eigenvalue weighted by atomic mass is 9.48. The van der Waals surface area contributed by atoms with Gasteiger partial charge in [-0.15, -0.1) is 0 Å². The van der Waals surface area contributed by atoms with Crippen molar-refractivity contribution in [3.8, 4) is 0 Å². The molecule has 7 rings (SSSR count). The average molecular weight is 434 g/mol. The molecule has 1 heterocycles. The topological polar surface area (TPSA) is 37.4 Å². The highest BCUT2D eigenvalue weighted by Crippen LogP contribution is 2.67. The van der Waals surface area contributed by atoms with Crippen LogP contribution in [0.1, 0.15) is 41.0 Å². The maximum atomic E-state index is 13.9. The van der Waals surface area contributed by atoms with Gasteiger partial charge in [0.2, 0.25) is 11.8 Å². The van der Waals surface area contributed by atoms with Crippen LogP contribution < -0.4 is 4.90 Å². The monoisotopic (exact) mass is 433 g/mol. The third-order valence-corrected chi connectivity index (χ3v) is 7.72. The summed E-state index contributed by atoms with van der Waals surface area (Å²) in [5.74, 6) is -1.23. The van der Waals surface area contributed by atoms with Crippen molar-refractivity contribution < 1.29 is 9.59 Å². The highest BCUT2D eigenvalue weighted by molar-refractivity contribution is 6.38. The lowest BCUT2D eigenvalue weighted by Crippen LogP contribution is -2.49. The number of rotatable bonds is 1. The second-order valence-corrected chi connectivity index (χ2v) is 9.35. The van der Waals surface area contributed by atoms with E-state index in [1.54, 1.807) is 18.2 Å². The second kappa shape index (κ2) is 5.96. The fraction of sp³-hybridized carbons (Fsp3) is 0.200. The lowest BCUT2D eigenvalue weighted by molar-refractivity contribution is -0.128. The maximum absolute atomic E-state index is 13.9. The van der Waals surface area contributed by atoms with Crippen molar-refractivity contribution in [1.29, 1.82) is 0 Å². The zero-order chi connectivity index (χ0) is 20.8. The fourth-order valence-corrected chi connectivity index (χ4v) is 6.37. The van der Waals surface area contributed by atoms with Crippen molar-refractivity contribution in [3.63, 3.8) is 0 Å². The van der Waals surface area contributed by atoms with Gasteiger partial charge in [-0.2, -0.15) is 0 Å². The van der Waals surface area contributed by atoms with E-state index in [-0.39, 0.29) is 23.7 Å². The summed E-state index contributed by atoms with van der Waals surface area (Å²) in [6.07, 6.45) is 0. The van der Waals surface area contributed by atoms with E-state index >= 15 is 0 Å². The van der Waals surface area contributed by atoms with Crippen molar-refractivity contribution in [2.24, 2.45) is 11.3 Å². The van der Waals surface area contributed by atoms with E-state index in [4.69, 9.17) is 23.2 Å². The Morgan fingerprint density at radius 3 is 2.00 bits per heavy atom. The smallest absolute Gasteiger partial charge is 0.241 e. The van der Waals surface area contributed by atoms with Gasteiger partial charge >= 0.3 is 0 Å². The molecule has 2 amide bonds. The molecule has 3 aromatic carbocycles. The molecule has 0 saturated carbocycles. The number of imide groups is 1. The molecule has 2 atom stereocenters. The largest absolute Gasteiger partial charge is 0.274 e. The van der Waals surface area contributed by atoms with E-state index < -0.39 is 11.3 Å². The van der Waals surface area contributed by atoms with Gasteiger partial charge in [-0.25, -0.2) is 4.90 Å². The Bertz CT molecular complexity index is 1220. The predicted octanol–water partition coefficient (Wildman–Crippen LogP) is 5.78. The first-order valence-electron chi connectivity index (χ1n) is 9.95. The third kappa shape index (κ3) is 2.02. The summed E-state index contributed by atoms with van der Waals surface area (Å²) in [5.41, 5.74) is 4.05.